The number of benzene rings is 1. The van der Waals surface area contributed by atoms with Crippen molar-refractivity contribution >= 4 is 27.3 Å². The fourth-order valence-corrected chi connectivity index (χ4v) is 3.57. The summed E-state index contributed by atoms with van der Waals surface area (Å²) in [6.07, 6.45) is 0. The second-order valence-electron chi connectivity index (χ2n) is 4.75. The fourth-order valence-electron chi connectivity index (χ4n) is 2.13. The molecule has 1 aromatic heterocycles. The third-order valence-corrected chi connectivity index (χ3v) is 5.02. The summed E-state index contributed by atoms with van der Waals surface area (Å²) < 4.78 is 6.65. The molecule has 0 radical (unpaired) electrons. The number of rotatable bonds is 6. The molecule has 2 atom stereocenters. The van der Waals surface area contributed by atoms with E-state index in [1.807, 2.05) is 19.1 Å². The maximum atomic E-state index is 5.47. The topological polar surface area (TPSA) is 21.3 Å². The van der Waals surface area contributed by atoms with E-state index in [0.29, 0.717) is 18.7 Å². The van der Waals surface area contributed by atoms with Crippen molar-refractivity contribution in [2.45, 2.75) is 32.9 Å². The lowest BCUT2D eigenvalue weighted by Crippen LogP contribution is -2.21. The van der Waals surface area contributed by atoms with Crippen molar-refractivity contribution < 1.29 is 4.74 Å². The summed E-state index contributed by atoms with van der Waals surface area (Å²) in [5, 5.41) is 3.63. The molecule has 1 aromatic carbocycles. The Kier molecular flexibility index (Phi) is 5.64. The molecule has 0 aliphatic heterocycles. The van der Waals surface area contributed by atoms with Crippen LogP contribution in [0.3, 0.4) is 0 Å². The Labute approximate surface area is 133 Å². The molecule has 4 heteroatoms. The highest BCUT2D eigenvalue weighted by Gasteiger charge is 2.12. The highest BCUT2D eigenvalue weighted by molar-refractivity contribution is 9.11. The molecule has 2 aromatic rings. The van der Waals surface area contributed by atoms with Gasteiger partial charge in [0.15, 0.2) is 0 Å². The van der Waals surface area contributed by atoms with Crippen LogP contribution in [0.1, 0.15) is 43.3 Å². The first-order valence-corrected chi connectivity index (χ1v) is 8.45. The van der Waals surface area contributed by atoms with Gasteiger partial charge in [-0.3, -0.25) is 0 Å². The molecular weight excluding hydrogens is 334 g/mol. The molecule has 20 heavy (non-hydrogen) atoms. The zero-order chi connectivity index (χ0) is 14.5. The Bertz CT molecular complexity index is 538. The van der Waals surface area contributed by atoms with Gasteiger partial charge in [0.25, 0.3) is 0 Å². The molecule has 1 N–H and O–H groups in total. The number of hydrogen-bond acceptors (Lipinski definition) is 3. The molecule has 0 amide bonds. The zero-order valence-corrected chi connectivity index (χ0v) is 14.4. The average Bonchev–Trinajstić information content (AvgIpc) is 2.86. The number of thiophene rings is 1. The molecule has 0 aliphatic carbocycles. The third kappa shape index (κ3) is 4.08. The predicted molar refractivity (Wildman–Crippen MR) is 89.6 cm³/mol. The van der Waals surface area contributed by atoms with E-state index in [2.05, 4.69) is 59.4 Å². The van der Waals surface area contributed by atoms with Crippen LogP contribution in [-0.2, 0) is 0 Å². The van der Waals surface area contributed by atoms with Gasteiger partial charge < -0.3 is 10.1 Å². The minimum Gasteiger partial charge on any atom is -0.494 e. The molecule has 0 bridgehead atoms. The highest BCUT2D eigenvalue weighted by atomic mass is 79.9. The van der Waals surface area contributed by atoms with Gasteiger partial charge in [-0.2, -0.15) is 0 Å². The minimum absolute atomic E-state index is 0.307. The standard InChI is InChI=1S/C16H20BrNOS/c1-4-19-14-7-5-13(6-8-14)11(2)18-12(3)15-9-10-16(17)20-15/h5-12,18H,4H2,1-3H3. The van der Waals surface area contributed by atoms with E-state index < -0.39 is 0 Å². The molecule has 2 nitrogen and oxygen atoms in total. The van der Waals surface area contributed by atoms with Gasteiger partial charge in [-0.25, -0.2) is 0 Å². The highest BCUT2D eigenvalue weighted by Crippen LogP contribution is 2.29. The van der Waals surface area contributed by atoms with Crippen LogP contribution >= 0.6 is 27.3 Å². The normalized spacial score (nSPS) is 14.0. The maximum absolute atomic E-state index is 5.47. The molecule has 0 saturated carbocycles. The summed E-state index contributed by atoms with van der Waals surface area (Å²) in [6.45, 7) is 7.09. The average molecular weight is 354 g/mol. The predicted octanol–water partition coefficient (Wildman–Crippen LogP) is 5.32. The van der Waals surface area contributed by atoms with E-state index in [1.165, 1.54) is 14.2 Å². The zero-order valence-electron chi connectivity index (χ0n) is 12.0. The first-order chi connectivity index (χ1) is 9.60. The van der Waals surface area contributed by atoms with Crippen LogP contribution in [-0.4, -0.2) is 6.61 Å². The SMILES string of the molecule is CCOc1ccc(C(C)NC(C)c2ccc(Br)s2)cc1. The second kappa shape index (κ2) is 7.25. The van der Waals surface area contributed by atoms with E-state index >= 15 is 0 Å². The maximum Gasteiger partial charge on any atom is 0.119 e. The lowest BCUT2D eigenvalue weighted by molar-refractivity contribution is 0.340. The van der Waals surface area contributed by atoms with E-state index in [-0.39, 0.29) is 0 Å². The van der Waals surface area contributed by atoms with Crippen molar-refractivity contribution in [3.05, 3.63) is 50.6 Å². The van der Waals surface area contributed by atoms with Crippen molar-refractivity contribution in [3.8, 4) is 5.75 Å². The van der Waals surface area contributed by atoms with Crippen molar-refractivity contribution in [1.82, 2.24) is 5.32 Å². The Morgan fingerprint density at radius 3 is 2.35 bits per heavy atom. The fraction of sp³-hybridized carbons (Fsp3) is 0.375. The smallest absolute Gasteiger partial charge is 0.119 e. The van der Waals surface area contributed by atoms with Gasteiger partial charge in [0, 0.05) is 17.0 Å². The number of halogens is 1. The third-order valence-electron chi connectivity index (χ3n) is 3.21. The number of ether oxygens (including phenoxy) is 1. The van der Waals surface area contributed by atoms with Crippen LogP contribution < -0.4 is 10.1 Å². The van der Waals surface area contributed by atoms with Crippen molar-refractivity contribution in [3.63, 3.8) is 0 Å². The van der Waals surface area contributed by atoms with Crippen molar-refractivity contribution in [2.24, 2.45) is 0 Å². The molecule has 0 aliphatic rings. The van der Waals surface area contributed by atoms with Gasteiger partial charge in [0.2, 0.25) is 0 Å². The van der Waals surface area contributed by atoms with Gasteiger partial charge in [-0.1, -0.05) is 12.1 Å². The van der Waals surface area contributed by atoms with Crippen molar-refractivity contribution in [1.29, 1.82) is 0 Å². The summed E-state index contributed by atoms with van der Waals surface area (Å²) >= 11 is 5.29. The van der Waals surface area contributed by atoms with Crippen LogP contribution in [0.25, 0.3) is 0 Å². The first kappa shape index (κ1) is 15.5. The first-order valence-electron chi connectivity index (χ1n) is 6.84. The number of nitrogens with one attached hydrogen (secondary N) is 1. The molecular formula is C16H20BrNOS. The molecule has 2 rings (SSSR count). The van der Waals surface area contributed by atoms with Gasteiger partial charge in [-0.05, 0) is 66.5 Å². The summed E-state index contributed by atoms with van der Waals surface area (Å²) in [6, 6.07) is 13.2. The van der Waals surface area contributed by atoms with E-state index in [4.69, 9.17) is 4.74 Å². The van der Waals surface area contributed by atoms with E-state index in [1.54, 1.807) is 11.3 Å². The van der Waals surface area contributed by atoms with Gasteiger partial charge in [-0.15, -0.1) is 11.3 Å². The van der Waals surface area contributed by atoms with Gasteiger partial charge in [0.05, 0.1) is 10.4 Å². The molecule has 0 spiro atoms. The summed E-state index contributed by atoms with van der Waals surface area (Å²) in [5.74, 6) is 0.929. The van der Waals surface area contributed by atoms with Crippen LogP contribution in [0.2, 0.25) is 0 Å². The molecule has 0 saturated heterocycles. The molecule has 0 fully saturated rings. The Morgan fingerprint density at radius 2 is 1.80 bits per heavy atom. The molecule has 2 unspecified atom stereocenters. The Morgan fingerprint density at radius 1 is 1.10 bits per heavy atom. The van der Waals surface area contributed by atoms with Crippen molar-refractivity contribution in [2.75, 3.05) is 6.61 Å². The summed E-state index contributed by atoms with van der Waals surface area (Å²) in [5.41, 5.74) is 1.27. The number of hydrogen-bond donors (Lipinski definition) is 1. The largest absolute Gasteiger partial charge is 0.494 e. The lowest BCUT2D eigenvalue weighted by Gasteiger charge is -2.19. The quantitative estimate of drug-likeness (QED) is 0.758. The van der Waals surface area contributed by atoms with Crippen LogP contribution in [0.5, 0.6) is 5.75 Å². The minimum atomic E-state index is 0.307. The Balaban J connectivity index is 1.98. The van der Waals surface area contributed by atoms with Crippen LogP contribution in [0.15, 0.2) is 40.2 Å². The van der Waals surface area contributed by atoms with E-state index in [0.717, 1.165) is 5.75 Å². The van der Waals surface area contributed by atoms with Crippen LogP contribution in [0.4, 0.5) is 0 Å². The van der Waals surface area contributed by atoms with Gasteiger partial charge in [0.1, 0.15) is 5.75 Å². The lowest BCUT2D eigenvalue weighted by atomic mass is 10.1. The van der Waals surface area contributed by atoms with Gasteiger partial charge >= 0.3 is 0 Å². The second-order valence-corrected chi connectivity index (χ2v) is 7.25. The van der Waals surface area contributed by atoms with E-state index in [9.17, 15) is 0 Å². The summed E-state index contributed by atoms with van der Waals surface area (Å²) in [7, 11) is 0. The molecule has 108 valence electrons. The monoisotopic (exact) mass is 353 g/mol. The molecule has 1 heterocycles. The van der Waals surface area contributed by atoms with Crippen LogP contribution in [0, 0.1) is 0 Å². The Hall–Kier alpha value is -0.840. The summed E-state index contributed by atoms with van der Waals surface area (Å²) in [4.78, 5) is 1.34.